The summed E-state index contributed by atoms with van der Waals surface area (Å²) in [5.41, 5.74) is 12.4. The third-order valence-electron chi connectivity index (χ3n) is 4.24. The maximum absolute atomic E-state index is 12.8. The minimum atomic E-state index is -4.46. The van der Waals surface area contributed by atoms with Gasteiger partial charge in [0.05, 0.1) is 5.56 Å². The topological polar surface area (TPSA) is 98.2 Å². The summed E-state index contributed by atoms with van der Waals surface area (Å²) in [6.07, 6.45) is -4.46. The van der Waals surface area contributed by atoms with Crippen LogP contribution in [0.25, 0.3) is 11.1 Å². The minimum Gasteiger partial charge on any atom is -0.399 e. The third-order valence-corrected chi connectivity index (χ3v) is 4.24. The van der Waals surface area contributed by atoms with Crippen LogP contribution in [0.2, 0.25) is 0 Å². The van der Waals surface area contributed by atoms with Crippen molar-refractivity contribution >= 4 is 23.2 Å². The normalized spacial score (nSPS) is 11.1. The van der Waals surface area contributed by atoms with Gasteiger partial charge in [-0.15, -0.1) is 0 Å². The Labute approximate surface area is 164 Å². The van der Waals surface area contributed by atoms with Crippen LogP contribution in [0.1, 0.15) is 26.3 Å². The predicted molar refractivity (Wildman–Crippen MR) is 104 cm³/mol. The van der Waals surface area contributed by atoms with Crippen LogP contribution in [0.4, 0.5) is 24.5 Å². The highest BCUT2D eigenvalue weighted by Crippen LogP contribution is 2.30. The van der Waals surface area contributed by atoms with Crippen LogP contribution >= 0.6 is 0 Å². The monoisotopic (exact) mass is 399 g/mol. The zero-order valence-corrected chi connectivity index (χ0v) is 15.0. The fourth-order valence-corrected chi connectivity index (χ4v) is 2.74. The van der Waals surface area contributed by atoms with Crippen molar-refractivity contribution < 1.29 is 22.8 Å². The van der Waals surface area contributed by atoms with Gasteiger partial charge in [0.1, 0.15) is 0 Å². The van der Waals surface area contributed by atoms with Crippen molar-refractivity contribution in [2.75, 3.05) is 11.1 Å². The highest BCUT2D eigenvalue weighted by atomic mass is 19.4. The third kappa shape index (κ3) is 4.55. The number of nitrogens with two attached hydrogens (primary N) is 2. The molecule has 0 heterocycles. The second kappa shape index (κ2) is 7.67. The number of carbonyl (C=O) groups excluding carboxylic acids is 2. The quantitative estimate of drug-likeness (QED) is 0.570. The average Bonchev–Trinajstić information content (AvgIpc) is 2.67. The lowest BCUT2D eigenvalue weighted by Crippen LogP contribution is -2.16. The number of rotatable bonds is 4. The summed E-state index contributed by atoms with van der Waals surface area (Å²) in [6, 6.07) is 15.1. The van der Waals surface area contributed by atoms with Crippen molar-refractivity contribution in [1.29, 1.82) is 0 Å². The molecule has 2 amide bonds. The van der Waals surface area contributed by atoms with Gasteiger partial charge in [-0.1, -0.05) is 12.1 Å². The molecule has 0 radical (unpaired) electrons. The van der Waals surface area contributed by atoms with Gasteiger partial charge in [0.2, 0.25) is 5.91 Å². The molecule has 0 aromatic heterocycles. The first-order valence-corrected chi connectivity index (χ1v) is 8.43. The van der Waals surface area contributed by atoms with E-state index in [4.69, 9.17) is 11.5 Å². The van der Waals surface area contributed by atoms with Crippen LogP contribution in [0.15, 0.2) is 66.7 Å². The van der Waals surface area contributed by atoms with Crippen LogP contribution in [-0.2, 0) is 6.18 Å². The first kappa shape index (κ1) is 19.9. The molecule has 8 heteroatoms. The van der Waals surface area contributed by atoms with E-state index < -0.39 is 23.6 Å². The van der Waals surface area contributed by atoms with Crippen molar-refractivity contribution in [3.8, 4) is 11.1 Å². The lowest BCUT2D eigenvalue weighted by Gasteiger charge is -2.13. The van der Waals surface area contributed by atoms with Gasteiger partial charge < -0.3 is 16.8 Å². The molecule has 0 aliphatic heterocycles. The SMILES string of the molecule is NC(=O)c1ccc(C(=O)Nc2ccc(C(F)(F)F)cc2)c(-c2ccc(N)cc2)c1. The van der Waals surface area contributed by atoms with Crippen LogP contribution in [0, 0.1) is 0 Å². The molecule has 5 N–H and O–H groups in total. The van der Waals surface area contributed by atoms with Crippen LogP contribution in [-0.4, -0.2) is 11.8 Å². The molecule has 0 aliphatic rings. The molecule has 0 fully saturated rings. The number of benzene rings is 3. The summed E-state index contributed by atoms with van der Waals surface area (Å²) in [5, 5.41) is 2.56. The number of amides is 2. The standard InChI is InChI=1S/C21H16F3N3O2/c22-21(23,24)14-4-8-16(9-5-14)27-20(29)17-10-3-13(19(26)28)11-18(17)12-1-6-15(25)7-2-12/h1-11H,25H2,(H2,26,28)(H,27,29). The first-order valence-electron chi connectivity index (χ1n) is 8.43. The van der Waals surface area contributed by atoms with E-state index in [-0.39, 0.29) is 16.8 Å². The fraction of sp³-hybridized carbons (Fsp3) is 0.0476. The lowest BCUT2D eigenvalue weighted by molar-refractivity contribution is -0.137. The molecule has 0 atom stereocenters. The maximum atomic E-state index is 12.8. The Morgan fingerprint density at radius 3 is 2.03 bits per heavy atom. The molecule has 0 saturated carbocycles. The summed E-state index contributed by atoms with van der Waals surface area (Å²) in [5.74, 6) is -1.20. The van der Waals surface area contributed by atoms with E-state index >= 15 is 0 Å². The number of nitrogen functional groups attached to an aromatic ring is 1. The number of nitrogens with one attached hydrogen (secondary N) is 1. The minimum absolute atomic E-state index is 0.199. The molecule has 3 rings (SSSR count). The molecule has 148 valence electrons. The van der Waals surface area contributed by atoms with Crippen molar-refractivity contribution in [2.24, 2.45) is 5.73 Å². The van der Waals surface area contributed by atoms with E-state index in [0.717, 1.165) is 12.1 Å². The molecule has 3 aromatic carbocycles. The number of carbonyl (C=O) groups is 2. The molecule has 0 unspecified atom stereocenters. The van der Waals surface area contributed by atoms with E-state index in [1.54, 1.807) is 24.3 Å². The van der Waals surface area contributed by atoms with E-state index in [9.17, 15) is 22.8 Å². The lowest BCUT2D eigenvalue weighted by atomic mass is 9.96. The van der Waals surface area contributed by atoms with Crippen molar-refractivity contribution in [3.05, 3.63) is 83.4 Å². The number of hydrogen-bond donors (Lipinski definition) is 3. The van der Waals surface area contributed by atoms with E-state index in [1.807, 2.05) is 0 Å². The molecule has 0 saturated heterocycles. The molecule has 5 nitrogen and oxygen atoms in total. The smallest absolute Gasteiger partial charge is 0.399 e. The van der Waals surface area contributed by atoms with Gasteiger partial charge >= 0.3 is 6.18 Å². The van der Waals surface area contributed by atoms with Crippen LogP contribution in [0.5, 0.6) is 0 Å². The largest absolute Gasteiger partial charge is 0.416 e. The Morgan fingerprint density at radius 2 is 1.48 bits per heavy atom. The highest BCUT2D eigenvalue weighted by Gasteiger charge is 2.30. The Kier molecular flexibility index (Phi) is 5.27. The molecule has 0 bridgehead atoms. The molecule has 3 aromatic rings. The van der Waals surface area contributed by atoms with Gasteiger partial charge in [0, 0.05) is 22.5 Å². The van der Waals surface area contributed by atoms with Gasteiger partial charge in [-0.3, -0.25) is 9.59 Å². The second-order valence-electron chi connectivity index (χ2n) is 6.28. The summed E-state index contributed by atoms with van der Waals surface area (Å²) in [4.78, 5) is 24.3. The van der Waals surface area contributed by atoms with E-state index in [1.165, 1.54) is 30.3 Å². The zero-order chi connectivity index (χ0) is 21.2. The number of alkyl halides is 3. The summed E-state index contributed by atoms with van der Waals surface area (Å²) >= 11 is 0. The Hall–Kier alpha value is -3.81. The molecule has 0 aliphatic carbocycles. The zero-order valence-electron chi connectivity index (χ0n) is 15.0. The fourth-order valence-electron chi connectivity index (χ4n) is 2.74. The molecule has 29 heavy (non-hydrogen) atoms. The Bertz CT molecular complexity index is 1060. The van der Waals surface area contributed by atoms with Gasteiger partial charge in [0.25, 0.3) is 5.91 Å². The highest BCUT2D eigenvalue weighted by molar-refractivity contribution is 6.09. The van der Waals surface area contributed by atoms with Crippen molar-refractivity contribution in [2.45, 2.75) is 6.18 Å². The van der Waals surface area contributed by atoms with Gasteiger partial charge in [0.15, 0.2) is 0 Å². The average molecular weight is 399 g/mol. The number of anilines is 2. The maximum Gasteiger partial charge on any atom is 0.416 e. The van der Waals surface area contributed by atoms with Crippen LogP contribution in [0.3, 0.4) is 0 Å². The Morgan fingerprint density at radius 1 is 0.862 bits per heavy atom. The Balaban J connectivity index is 1.95. The summed E-state index contributed by atoms with van der Waals surface area (Å²) in [6.45, 7) is 0. The molecular weight excluding hydrogens is 383 g/mol. The van der Waals surface area contributed by atoms with Gasteiger partial charge in [-0.25, -0.2) is 0 Å². The summed E-state index contributed by atoms with van der Waals surface area (Å²) in [7, 11) is 0. The van der Waals surface area contributed by atoms with Gasteiger partial charge in [-0.2, -0.15) is 13.2 Å². The van der Waals surface area contributed by atoms with E-state index in [2.05, 4.69) is 5.32 Å². The number of hydrogen-bond acceptors (Lipinski definition) is 3. The van der Waals surface area contributed by atoms with Gasteiger partial charge in [-0.05, 0) is 65.7 Å². The van der Waals surface area contributed by atoms with E-state index in [0.29, 0.717) is 16.8 Å². The second-order valence-corrected chi connectivity index (χ2v) is 6.28. The summed E-state index contributed by atoms with van der Waals surface area (Å²) < 4.78 is 38.1. The molecular formula is C21H16F3N3O2. The first-order chi connectivity index (χ1) is 13.6. The van der Waals surface area contributed by atoms with Crippen molar-refractivity contribution in [3.63, 3.8) is 0 Å². The predicted octanol–water partition coefficient (Wildman–Crippen LogP) is 4.31. The van der Waals surface area contributed by atoms with Crippen molar-refractivity contribution in [1.82, 2.24) is 0 Å². The number of primary amides is 1. The molecule has 0 spiro atoms. The van der Waals surface area contributed by atoms with Crippen LogP contribution < -0.4 is 16.8 Å². The number of halogens is 3.